The van der Waals surface area contributed by atoms with E-state index >= 15 is 0 Å². The fraction of sp³-hybridized carbons (Fsp3) is 0.778. The van der Waals surface area contributed by atoms with E-state index < -0.39 is 17.9 Å². The van der Waals surface area contributed by atoms with Crippen LogP contribution in [0.5, 0.6) is 0 Å². The third-order valence-corrected chi connectivity index (χ3v) is 19.8. The van der Waals surface area contributed by atoms with Crippen LogP contribution in [0.1, 0.15) is 103 Å². The molecule has 54 heavy (non-hydrogen) atoms. The number of fused-ring (bicyclic) bond motifs is 7. The van der Waals surface area contributed by atoms with Gasteiger partial charge in [0, 0.05) is 48.9 Å². The molecule has 9 fully saturated rings. The van der Waals surface area contributed by atoms with Gasteiger partial charge in [0.25, 0.3) is 0 Å². The van der Waals surface area contributed by atoms with Gasteiger partial charge in [-0.25, -0.2) is 9.59 Å². The quantitative estimate of drug-likeness (QED) is 0.278. The van der Waals surface area contributed by atoms with E-state index in [1.54, 1.807) is 6.08 Å². The third-order valence-electron chi connectivity index (χ3n) is 19.8. The van der Waals surface area contributed by atoms with Crippen LogP contribution in [0.15, 0.2) is 35.9 Å². The molecule has 0 amide bonds. The molecule has 6 heterocycles. The summed E-state index contributed by atoms with van der Waals surface area (Å²) in [7, 11) is 2.17. The molecule has 6 aliphatic heterocycles. The number of hydrogen-bond donors (Lipinski definition) is 3. The number of carbonyl (C=O) groups excluding carboxylic acids is 2. The zero-order valence-corrected chi connectivity index (χ0v) is 32.7. The Morgan fingerprint density at radius 1 is 1.02 bits per heavy atom. The van der Waals surface area contributed by atoms with Crippen molar-refractivity contribution >= 4 is 17.6 Å². The number of rotatable bonds is 5. The Bertz CT molecular complexity index is 1830. The van der Waals surface area contributed by atoms with E-state index in [1.165, 1.54) is 11.3 Å². The molecule has 5 saturated carbocycles. The van der Waals surface area contributed by atoms with E-state index in [4.69, 9.17) is 9.47 Å². The maximum Gasteiger partial charge on any atom is 0.362 e. The fourth-order valence-corrected chi connectivity index (χ4v) is 17.6. The lowest BCUT2D eigenvalue weighted by Crippen LogP contribution is -2.83. The van der Waals surface area contributed by atoms with Crippen LogP contribution in [0.25, 0.3) is 0 Å². The molecule has 5 bridgehead atoms. The van der Waals surface area contributed by atoms with Crippen LogP contribution < -0.4 is 4.90 Å². The van der Waals surface area contributed by atoms with Gasteiger partial charge in [0.1, 0.15) is 18.8 Å². The van der Waals surface area contributed by atoms with Crippen molar-refractivity contribution in [2.75, 3.05) is 25.1 Å². The fourth-order valence-electron chi connectivity index (χ4n) is 17.6. The summed E-state index contributed by atoms with van der Waals surface area (Å²) in [5, 5.41) is 37.5. The summed E-state index contributed by atoms with van der Waals surface area (Å²) in [6, 6.07) is 8.74. The monoisotopic (exact) mass is 741 g/mol. The van der Waals surface area contributed by atoms with Gasteiger partial charge in [-0.2, -0.15) is 0 Å². The second kappa shape index (κ2) is 11.1. The minimum Gasteiger partial charge on any atom is -0.458 e. The first-order valence-corrected chi connectivity index (χ1v) is 21.7. The average molecular weight is 742 g/mol. The number of cyclic esters (lactones) is 1. The van der Waals surface area contributed by atoms with Crippen LogP contribution in [0.3, 0.4) is 0 Å². The van der Waals surface area contributed by atoms with Crippen LogP contribution in [0.4, 0.5) is 5.69 Å². The van der Waals surface area contributed by atoms with Gasteiger partial charge in [-0.05, 0) is 116 Å². The molecule has 1 aromatic carbocycles. The van der Waals surface area contributed by atoms with Crippen molar-refractivity contribution in [3.63, 3.8) is 0 Å². The first kappa shape index (κ1) is 34.8. The Hall–Kier alpha value is -2.46. The van der Waals surface area contributed by atoms with E-state index in [0.29, 0.717) is 22.9 Å². The molecule has 9 heteroatoms. The number of quaternary nitrogens is 1. The molecule has 18 atom stereocenters. The number of benzene rings is 1. The zero-order chi connectivity index (χ0) is 37.3. The van der Waals surface area contributed by atoms with Crippen LogP contribution in [0.2, 0.25) is 0 Å². The summed E-state index contributed by atoms with van der Waals surface area (Å²) in [4.78, 5) is 28.8. The summed E-state index contributed by atoms with van der Waals surface area (Å²) in [5.74, 6) is 1.32. The molecule has 3 N–H and O–H groups in total. The molecule has 0 aromatic heterocycles. The lowest BCUT2D eigenvalue weighted by atomic mass is 9.43. The molecule has 9 nitrogen and oxygen atoms in total. The second-order valence-corrected chi connectivity index (χ2v) is 20.7. The van der Waals surface area contributed by atoms with Gasteiger partial charge in [-0.15, -0.1) is 0 Å². The van der Waals surface area contributed by atoms with Crippen molar-refractivity contribution in [1.82, 2.24) is 0 Å². The molecule has 1 aromatic rings. The predicted molar refractivity (Wildman–Crippen MR) is 201 cm³/mol. The molecular formula is C45H61N2O7+. The van der Waals surface area contributed by atoms with Gasteiger partial charge in [0.15, 0.2) is 12.8 Å². The average Bonchev–Trinajstić information content (AvgIpc) is 3.83. The standard InChI is InChI=1S/C45H61N2O7/c1-5-27-28-20-34-39-44(32-8-6-7-9-33(32)46(39)4)21-35(38(28)40(44)50)47(34,41(27)51)22-37(49)54-26-12-15-42(2)25(19-26)10-11-31-30(42)13-16-43(3)29(14-17-45(31,43)52)24-18-36(48)53-23-24/h6-9,18,25-31,34-35,38-41,50-52H,5,10-17,19-23H2,1-4H3/q+1/t25-,26-,27-,28+,29-,30+,31-,34+,35+,38-,39+,40+,41-,42+,43-,44+,45-,47-/m1/s1. The largest absolute Gasteiger partial charge is 0.458 e. The van der Waals surface area contributed by atoms with E-state index in [1.807, 2.05) is 0 Å². The van der Waals surface area contributed by atoms with Crippen molar-refractivity contribution in [3.05, 3.63) is 41.5 Å². The van der Waals surface area contributed by atoms with Crippen LogP contribution in [-0.4, -0.2) is 94.1 Å². The highest BCUT2D eigenvalue weighted by atomic mass is 16.5. The van der Waals surface area contributed by atoms with Gasteiger partial charge in [-0.1, -0.05) is 39.0 Å². The van der Waals surface area contributed by atoms with E-state index in [-0.39, 0.29) is 88.5 Å². The molecule has 0 radical (unpaired) electrons. The van der Waals surface area contributed by atoms with Crippen LogP contribution in [0, 0.1) is 52.3 Å². The maximum atomic E-state index is 14.5. The number of ether oxygens (including phenoxy) is 2. The minimum absolute atomic E-state index is 0.0370. The first-order valence-electron chi connectivity index (χ1n) is 21.7. The van der Waals surface area contributed by atoms with E-state index in [0.717, 1.165) is 82.6 Å². The number of hydrogen-bond acceptors (Lipinski definition) is 8. The van der Waals surface area contributed by atoms with Gasteiger partial charge in [0.2, 0.25) is 0 Å². The molecule has 4 saturated heterocycles. The van der Waals surface area contributed by atoms with Gasteiger partial charge in [-0.3, -0.25) is 4.48 Å². The number of esters is 2. The number of anilines is 1. The summed E-state index contributed by atoms with van der Waals surface area (Å²) >= 11 is 0. The number of piperidine rings is 4. The van der Waals surface area contributed by atoms with Crippen molar-refractivity contribution < 1.29 is 38.9 Å². The minimum atomic E-state index is -0.739. The second-order valence-electron chi connectivity index (χ2n) is 20.7. The number of para-hydroxylation sites is 1. The first-order chi connectivity index (χ1) is 25.8. The Balaban J connectivity index is 0.829. The van der Waals surface area contributed by atoms with Crippen molar-refractivity contribution in [2.45, 2.75) is 145 Å². The number of carbonyl (C=O) groups is 2. The lowest BCUT2D eigenvalue weighted by molar-refractivity contribution is -1.03. The summed E-state index contributed by atoms with van der Waals surface area (Å²) in [6.45, 7) is 7.48. The topological polar surface area (TPSA) is 117 Å². The number of aliphatic hydroxyl groups excluding tert-OH is 2. The highest BCUT2D eigenvalue weighted by Crippen LogP contribution is 2.73. The van der Waals surface area contributed by atoms with Crippen LogP contribution >= 0.6 is 0 Å². The Morgan fingerprint density at radius 3 is 2.61 bits per heavy atom. The third kappa shape index (κ3) is 3.88. The Kier molecular flexibility index (Phi) is 7.17. The Morgan fingerprint density at radius 2 is 1.83 bits per heavy atom. The van der Waals surface area contributed by atoms with Gasteiger partial charge in [0.05, 0.1) is 29.2 Å². The molecule has 11 aliphatic rings. The van der Waals surface area contributed by atoms with E-state index in [9.17, 15) is 24.9 Å². The molecule has 0 unspecified atom stereocenters. The molecule has 12 rings (SSSR count). The zero-order valence-electron chi connectivity index (χ0n) is 32.7. The van der Waals surface area contributed by atoms with Crippen molar-refractivity contribution in [1.29, 1.82) is 0 Å². The molecule has 5 aliphatic carbocycles. The smallest absolute Gasteiger partial charge is 0.362 e. The highest BCUT2D eigenvalue weighted by molar-refractivity contribution is 5.85. The number of likely N-dealkylation sites (N-methyl/N-ethyl adjacent to an activating group) is 1. The van der Waals surface area contributed by atoms with Gasteiger partial charge >= 0.3 is 11.9 Å². The summed E-state index contributed by atoms with van der Waals surface area (Å²) in [6.07, 6.45) is 11.5. The SMILES string of the molecule is CC[C@@H]1[C@@H]2C[C@H]3[C@@H]4N(C)c5ccccc5[C@@]45C[C@@H]([C@@H]2[C@@H]5O)[N@+]3(CC(=O)O[C@@H]2CC[C@@]3(C)[C@H](CC[C@@H]4[C@@H]3CC[C@]3(C)[C@@H](C5=CC(=O)OC5)CC[C@@]43O)C2)[C@@H]1O. The number of aliphatic hydroxyl groups is 3. The lowest BCUT2D eigenvalue weighted by Gasteiger charge is -2.67. The van der Waals surface area contributed by atoms with Crippen LogP contribution in [-0.2, 0) is 24.5 Å². The van der Waals surface area contributed by atoms with Gasteiger partial charge < -0.3 is 29.7 Å². The summed E-state index contributed by atoms with van der Waals surface area (Å²) < 4.78 is 12.3. The molecular weight excluding hydrogens is 681 g/mol. The Labute approximate surface area is 320 Å². The maximum absolute atomic E-state index is 14.5. The normalized spacial score (nSPS) is 54.4. The molecule has 1 spiro atoms. The molecule has 292 valence electrons. The van der Waals surface area contributed by atoms with Crippen molar-refractivity contribution in [3.8, 4) is 0 Å². The number of nitrogens with zero attached hydrogens (tertiary/aromatic N) is 2. The van der Waals surface area contributed by atoms with Crippen molar-refractivity contribution in [2.24, 2.45) is 52.3 Å². The van der Waals surface area contributed by atoms with E-state index in [2.05, 4.69) is 57.0 Å². The highest BCUT2D eigenvalue weighted by Gasteiger charge is 2.83. The summed E-state index contributed by atoms with van der Waals surface area (Å²) in [5.41, 5.74) is 2.28. The predicted octanol–water partition coefficient (Wildman–Crippen LogP) is 5.24.